The number of aromatic nitrogens is 3. The molecule has 0 spiro atoms. The van der Waals surface area contributed by atoms with E-state index in [9.17, 15) is 14.7 Å². The molecule has 0 aliphatic carbocycles. The molecule has 1 aliphatic heterocycles. The molecule has 33 heavy (non-hydrogen) atoms. The van der Waals surface area contributed by atoms with Crippen LogP contribution in [-0.4, -0.2) is 44.8 Å². The molecule has 0 bridgehead atoms. The minimum absolute atomic E-state index is 0.383. The molecule has 1 aliphatic rings. The molecular formula is C25H31N5O3. The van der Waals surface area contributed by atoms with Crippen LogP contribution >= 0.6 is 0 Å². The van der Waals surface area contributed by atoms with Gasteiger partial charge in [-0.05, 0) is 55.9 Å². The largest absolute Gasteiger partial charge is 0.480 e. The van der Waals surface area contributed by atoms with Crippen LogP contribution in [0, 0.1) is 0 Å². The van der Waals surface area contributed by atoms with Crippen molar-refractivity contribution in [1.29, 1.82) is 0 Å². The maximum absolute atomic E-state index is 12.5. The monoisotopic (exact) mass is 449 g/mol. The summed E-state index contributed by atoms with van der Waals surface area (Å²) in [4.78, 5) is 28.9. The minimum atomic E-state index is -1.00. The molecule has 3 aromatic rings. The van der Waals surface area contributed by atoms with Gasteiger partial charge < -0.3 is 15.7 Å². The van der Waals surface area contributed by atoms with Gasteiger partial charge in [-0.15, -0.1) is 0 Å². The van der Waals surface area contributed by atoms with Crippen molar-refractivity contribution in [2.24, 2.45) is 0 Å². The molecule has 1 aromatic carbocycles. The summed E-state index contributed by atoms with van der Waals surface area (Å²) in [6, 6.07) is 8.60. The Labute approximate surface area is 193 Å². The number of H-pyrrole nitrogens is 1. The van der Waals surface area contributed by atoms with Gasteiger partial charge in [-0.3, -0.25) is 9.89 Å². The maximum atomic E-state index is 12.5. The van der Waals surface area contributed by atoms with Crippen molar-refractivity contribution in [3.05, 3.63) is 53.3 Å². The van der Waals surface area contributed by atoms with Crippen LogP contribution in [0.15, 0.2) is 36.5 Å². The smallest absolute Gasteiger partial charge is 0.326 e. The van der Waals surface area contributed by atoms with Gasteiger partial charge in [0, 0.05) is 23.2 Å². The van der Waals surface area contributed by atoms with Crippen LogP contribution in [0.2, 0.25) is 0 Å². The number of hydrogen-bond acceptors (Lipinski definition) is 5. The summed E-state index contributed by atoms with van der Waals surface area (Å²) >= 11 is 0. The first-order chi connectivity index (χ1) is 16.1. The highest BCUT2D eigenvalue weighted by Gasteiger charge is 2.20. The van der Waals surface area contributed by atoms with Crippen molar-refractivity contribution >= 4 is 28.6 Å². The number of benzene rings is 1. The topological polar surface area (TPSA) is 120 Å². The highest BCUT2D eigenvalue weighted by molar-refractivity contribution is 5.99. The second-order valence-electron chi connectivity index (χ2n) is 8.68. The number of pyridine rings is 1. The Morgan fingerprint density at radius 3 is 2.82 bits per heavy atom. The van der Waals surface area contributed by atoms with E-state index in [1.165, 1.54) is 12.0 Å². The number of rotatable bonds is 11. The number of nitrogens with one attached hydrogen (secondary N) is 3. The van der Waals surface area contributed by atoms with Crippen LogP contribution in [-0.2, 0) is 17.6 Å². The van der Waals surface area contributed by atoms with E-state index in [0.29, 0.717) is 12.0 Å². The van der Waals surface area contributed by atoms with Crippen molar-refractivity contribution in [3.8, 4) is 0 Å². The fourth-order valence-corrected chi connectivity index (χ4v) is 4.27. The van der Waals surface area contributed by atoms with Crippen LogP contribution in [0.25, 0.3) is 10.9 Å². The summed E-state index contributed by atoms with van der Waals surface area (Å²) in [5, 5.41) is 23.2. The van der Waals surface area contributed by atoms with Crippen molar-refractivity contribution in [1.82, 2.24) is 20.5 Å². The number of amides is 1. The van der Waals surface area contributed by atoms with Crippen molar-refractivity contribution < 1.29 is 14.7 Å². The Balaban J connectivity index is 1.15. The molecule has 4 rings (SSSR count). The summed E-state index contributed by atoms with van der Waals surface area (Å²) in [5.74, 6) is -0.339. The highest BCUT2D eigenvalue weighted by atomic mass is 16.4. The predicted octanol–water partition coefficient (Wildman–Crippen LogP) is 4.08. The van der Waals surface area contributed by atoms with Crippen molar-refractivity contribution in [3.63, 3.8) is 0 Å². The molecule has 0 saturated carbocycles. The molecule has 8 nitrogen and oxygen atoms in total. The number of nitrogens with zero attached hydrogens (tertiary/aromatic N) is 2. The van der Waals surface area contributed by atoms with Crippen LogP contribution in [0.3, 0.4) is 0 Å². The van der Waals surface area contributed by atoms with Gasteiger partial charge in [0.1, 0.15) is 11.9 Å². The molecule has 8 heteroatoms. The third-order valence-corrected chi connectivity index (χ3v) is 6.19. The Hall–Kier alpha value is -3.42. The van der Waals surface area contributed by atoms with E-state index >= 15 is 0 Å². The second kappa shape index (κ2) is 10.9. The number of carbonyl (C=O) groups is 2. The lowest BCUT2D eigenvalue weighted by molar-refractivity contribution is -0.139. The van der Waals surface area contributed by atoms with Gasteiger partial charge in [-0.25, -0.2) is 9.78 Å². The van der Waals surface area contributed by atoms with Gasteiger partial charge in [-0.1, -0.05) is 37.8 Å². The number of fused-ring (bicyclic) bond motifs is 2. The van der Waals surface area contributed by atoms with Gasteiger partial charge in [0.05, 0.1) is 11.7 Å². The molecule has 0 fully saturated rings. The average molecular weight is 450 g/mol. The fourth-order valence-electron chi connectivity index (χ4n) is 4.27. The van der Waals surface area contributed by atoms with Crippen molar-refractivity contribution in [2.45, 2.75) is 63.8 Å². The SMILES string of the molecule is O=C(N[C@@H](CCCCCCCc1ccc2c(n1)NCCC2)C(=O)O)c1ccc2cn[nH]c2c1. The molecule has 174 valence electrons. The standard InChI is InChI=1S/C25H31N5O3/c31-24(18-10-11-19-16-27-30-22(19)15-18)29-21(25(32)33)9-5-3-1-2-4-8-20-13-12-17-7-6-14-26-23(17)28-20/h10-13,15-16,21H,1-9,14H2,(H,26,28)(H,27,30)(H,29,31)(H,32,33)/t21-/m0/s1. The summed E-state index contributed by atoms with van der Waals surface area (Å²) in [5.41, 5.74) is 3.61. The first kappa shape index (κ1) is 22.8. The van der Waals surface area contributed by atoms with Crippen LogP contribution in [0.1, 0.15) is 66.6 Å². The molecule has 0 radical (unpaired) electrons. The molecule has 4 N–H and O–H groups in total. The number of aromatic amines is 1. The minimum Gasteiger partial charge on any atom is -0.480 e. The Kier molecular flexibility index (Phi) is 7.55. The summed E-state index contributed by atoms with van der Waals surface area (Å²) in [7, 11) is 0. The lowest BCUT2D eigenvalue weighted by Crippen LogP contribution is -2.40. The van der Waals surface area contributed by atoms with E-state index < -0.39 is 12.0 Å². The third kappa shape index (κ3) is 6.09. The normalized spacial score (nSPS) is 13.8. The third-order valence-electron chi connectivity index (χ3n) is 6.19. The number of aryl methyl sites for hydroxylation is 2. The Morgan fingerprint density at radius 2 is 1.94 bits per heavy atom. The number of carboxylic acids is 1. The van der Waals surface area contributed by atoms with Gasteiger partial charge in [-0.2, -0.15) is 5.10 Å². The number of hydrogen-bond donors (Lipinski definition) is 4. The van der Waals surface area contributed by atoms with Gasteiger partial charge >= 0.3 is 5.97 Å². The fraction of sp³-hybridized carbons (Fsp3) is 0.440. The predicted molar refractivity (Wildman–Crippen MR) is 127 cm³/mol. The zero-order valence-corrected chi connectivity index (χ0v) is 18.8. The molecule has 0 unspecified atom stereocenters. The number of anilines is 1. The van der Waals surface area contributed by atoms with Crippen LogP contribution in [0.4, 0.5) is 5.82 Å². The second-order valence-corrected chi connectivity index (χ2v) is 8.68. The van der Waals surface area contributed by atoms with E-state index in [2.05, 4.69) is 33.0 Å². The molecule has 1 amide bonds. The lowest BCUT2D eigenvalue weighted by Gasteiger charge is -2.17. The van der Waals surface area contributed by atoms with E-state index in [-0.39, 0.29) is 5.91 Å². The summed E-state index contributed by atoms with van der Waals surface area (Å²) < 4.78 is 0. The molecular weight excluding hydrogens is 418 g/mol. The summed E-state index contributed by atoms with van der Waals surface area (Å²) in [6.45, 7) is 1.00. The van der Waals surface area contributed by atoms with Crippen LogP contribution < -0.4 is 10.6 Å². The molecule has 0 saturated heterocycles. The number of carbonyl (C=O) groups excluding carboxylic acids is 1. The average Bonchev–Trinajstić information content (AvgIpc) is 3.30. The van der Waals surface area contributed by atoms with E-state index in [1.807, 2.05) is 0 Å². The number of aliphatic carboxylic acids is 1. The van der Waals surface area contributed by atoms with Gasteiger partial charge in [0.2, 0.25) is 0 Å². The zero-order chi connectivity index (χ0) is 23.0. The Bertz CT molecular complexity index is 1110. The first-order valence-corrected chi connectivity index (χ1v) is 11.8. The number of carboxylic acid groups (broad SMARTS) is 1. The Morgan fingerprint density at radius 1 is 1.09 bits per heavy atom. The first-order valence-electron chi connectivity index (χ1n) is 11.8. The van der Waals surface area contributed by atoms with E-state index in [4.69, 9.17) is 4.98 Å². The summed E-state index contributed by atoms with van der Waals surface area (Å²) in [6.07, 6.45) is 10.2. The highest BCUT2D eigenvalue weighted by Crippen LogP contribution is 2.20. The zero-order valence-electron chi connectivity index (χ0n) is 18.8. The van der Waals surface area contributed by atoms with Gasteiger partial charge in [0.15, 0.2) is 0 Å². The van der Waals surface area contributed by atoms with Crippen LogP contribution in [0.5, 0.6) is 0 Å². The number of unbranched alkanes of at least 4 members (excludes halogenated alkanes) is 4. The van der Waals surface area contributed by atoms with Crippen molar-refractivity contribution in [2.75, 3.05) is 11.9 Å². The quantitative estimate of drug-likeness (QED) is 0.327. The van der Waals surface area contributed by atoms with E-state index in [1.54, 1.807) is 24.4 Å². The lowest BCUT2D eigenvalue weighted by atomic mass is 10.0. The molecule has 3 heterocycles. The van der Waals surface area contributed by atoms with Gasteiger partial charge in [0.25, 0.3) is 5.91 Å². The maximum Gasteiger partial charge on any atom is 0.326 e. The van der Waals surface area contributed by atoms with E-state index in [0.717, 1.165) is 73.9 Å². The molecule has 2 aromatic heterocycles. The molecule has 1 atom stereocenters.